The number of ether oxygens (including phenoxy) is 1. The Morgan fingerprint density at radius 1 is 1.27 bits per heavy atom. The van der Waals surface area contributed by atoms with Crippen molar-refractivity contribution in [1.29, 1.82) is 0 Å². The van der Waals surface area contributed by atoms with Gasteiger partial charge in [-0.3, -0.25) is 0 Å². The van der Waals surface area contributed by atoms with Crippen molar-refractivity contribution in [2.24, 2.45) is 5.73 Å². The summed E-state index contributed by atoms with van der Waals surface area (Å²) in [5.41, 5.74) is 12.1. The van der Waals surface area contributed by atoms with Crippen LogP contribution in [0.2, 0.25) is 0 Å². The first-order chi connectivity index (χ1) is 6.95. The van der Waals surface area contributed by atoms with Crippen LogP contribution >= 0.6 is 0 Å². The van der Waals surface area contributed by atoms with Gasteiger partial charge < -0.3 is 10.5 Å². The van der Waals surface area contributed by atoms with E-state index in [4.69, 9.17) is 10.5 Å². The lowest BCUT2D eigenvalue weighted by atomic mass is 9.94. The van der Waals surface area contributed by atoms with Crippen molar-refractivity contribution >= 4 is 0 Å². The van der Waals surface area contributed by atoms with E-state index in [0.717, 1.165) is 33.6 Å². The van der Waals surface area contributed by atoms with Crippen molar-refractivity contribution in [3.05, 3.63) is 46.7 Å². The molecule has 0 amide bonds. The zero-order chi connectivity index (χ0) is 11.6. The number of nitrogens with two attached hydrogens (primary N) is 1. The van der Waals surface area contributed by atoms with Crippen LogP contribution in [0, 0.1) is 0 Å². The molecule has 1 saturated heterocycles. The van der Waals surface area contributed by atoms with E-state index in [1.54, 1.807) is 0 Å². The second-order valence-electron chi connectivity index (χ2n) is 4.14. The SMILES string of the molecule is C=C1COC/C1=C(\C(=C)C)C(N)=C(C)C. The summed E-state index contributed by atoms with van der Waals surface area (Å²) >= 11 is 0. The minimum Gasteiger partial charge on any atom is -0.398 e. The average Bonchev–Trinajstić information content (AvgIpc) is 2.52. The minimum atomic E-state index is 0.592. The Balaban J connectivity index is 3.31. The molecule has 2 heteroatoms. The Hall–Kier alpha value is -1.28. The van der Waals surface area contributed by atoms with Gasteiger partial charge >= 0.3 is 0 Å². The monoisotopic (exact) mass is 205 g/mol. The van der Waals surface area contributed by atoms with E-state index in [1.807, 2.05) is 20.8 Å². The number of allylic oxidation sites excluding steroid dienone is 2. The smallest absolute Gasteiger partial charge is 0.0731 e. The summed E-state index contributed by atoms with van der Waals surface area (Å²) in [5.74, 6) is 0. The molecule has 82 valence electrons. The second-order valence-corrected chi connectivity index (χ2v) is 4.14. The summed E-state index contributed by atoms with van der Waals surface area (Å²) < 4.78 is 5.35. The van der Waals surface area contributed by atoms with Crippen molar-refractivity contribution in [2.45, 2.75) is 20.8 Å². The predicted octanol–water partition coefficient (Wildman–Crippen LogP) is 2.70. The van der Waals surface area contributed by atoms with E-state index in [-0.39, 0.29) is 0 Å². The lowest BCUT2D eigenvalue weighted by Crippen LogP contribution is -2.08. The quantitative estimate of drug-likeness (QED) is 0.752. The van der Waals surface area contributed by atoms with Gasteiger partial charge in [0.25, 0.3) is 0 Å². The normalized spacial score (nSPS) is 19.0. The van der Waals surface area contributed by atoms with Crippen LogP contribution in [-0.2, 0) is 4.74 Å². The van der Waals surface area contributed by atoms with Crippen LogP contribution in [-0.4, -0.2) is 13.2 Å². The highest BCUT2D eigenvalue weighted by Gasteiger charge is 2.19. The van der Waals surface area contributed by atoms with E-state index in [9.17, 15) is 0 Å². The molecule has 0 atom stereocenters. The van der Waals surface area contributed by atoms with Gasteiger partial charge in [-0.15, -0.1) is 0 Å². The van der Waals surface area contributed by atoms with Crippen LogP contribution in [0.5, 0.6) is 0 Å². The Morgan fingerprint density at radius 3 is 2.20 bits per heavy atom. The van der Waals surface area contributed by atoms with Gasteiger partial charge in [-0.1, -0.05) is 18.7 Å². The molecule has 0 aromatic carbocycles. The van der Waals surface area contributed by atoms with Crippen LogP contribution in [0.4, 0.5) is 0 Å². The molecule has 2 N–H and O–H groups in total. The van der Waals surface area contributed by atoms with Gasteiger partial charge in [0.05, 0.1) is 13.2 Å². The van der Waals surface area contributed by atoms with E-state index in [1.165, 1.54) is 0 Å². The Kier molecular flexibility index (Phi) is 3.53. The van der Waals surface area contributed by atoms with E-state index < -0.39 is 0 Å². The number of rotatable bonds is 2. The minimum absolute atomic E-state index is 0.592. The van der Waals surface area contributed by atoms with E-state index in [2.05, 4.69) is 13.2 Å². The van der Waals surface area contributed by atoms with Gasteiger partial charge in [0.2, 0.25) is 0 Å². The van der Waals surface area contributed by atoms with E-state index >= 15 is 0 Å². The van der Waals surface area contributed by atoms with Crippen LogP contribution in [0.3, 0.4) is 0 Å². The van der Waals surface area contributed by atoms with Gasteiger partial charge in [0, 0.05) is 11.3 Å². The fraction of sp³-hybridized carbons (Fsp3) is 0.385. The molecule has 0 bridgehead atoms. The first-order valence-corrected chi connectivity index (χ1v) is 5.03. The van der Waals surface area contributed by atoms with Gasteiger partial charge in [0.15, 0.2) is 0 Å². The van der Waals surface area contributed by atoms with E-state index in [0.29, 0.717) is 13.2 Å². The molecule has 1 rings (SSSR count). The van der Waals surface area contributed by atoms with Crippen molar-refractivity contribution in [1.82, 2.24) is 0 Å². The topological polar surface area (TPSA) is 35.2 Å². The average molecular weight is 205 g/mol. The van der Waals surface area contributed by atoms with Gasteiger partial charge in [-0.25, -0.2) is 0 Å². The Labute approximate surface area is 91.8 Å². The molecule has 1 heterocycles. The summed E-state index contributed by atoms with van der Waals surface area (Å²) in [5, 5.41) is 0. The lowest BCUT2D eigenvalue weighted by molar-refractivity contribution is 0.215. The highest BCUT2D eigenvalue weighted by atomic mass is 16.5. The molecular formula is C13H19NO. The molecule has 0 radical (unpaired) electrons. The second kappa shape index (κ2) is 4.49. The van der Waals surface area contributed by atoms with Crippen LogP contribution in [0.25, 0.3) is 0 Å². The fourth-order valence-electron chi connectivity index (χ4n) is 1.61. The standard InChI is InChI=1S/C13H19NO/c1-8(2)12(13(14)9(3)4)11-7-15-6-10(11)5/h1,5-7,14H2,2-4H3/b12-11-. The lowest BCUT2D eigenvalue weighted by Gasteiger charge is -2.13. The Bertz CT molecular complexity index is 368. The van der Waals surface area contributed by atoms with Crippen LogP contribution in [0.1, 0.15) is 20.8 Å². The van der Waals surface area contributed by atoms with Crippen LogP contribution < -0.4 is 5.73 Å². The molecule has 2 nitrogen and oxygen atoms in total. The molecule has 0 aliphatic carbocycles. The molecule has 0 unspecified atom stereocenters. The molecule has 1 aliphatic rings. The molecule has 0 saturated carbocycles. The largest absolute Gasteiger partial charge is 0.398 e. The molecule has 0 spiro atoms. The number of hydrogen-bond acceptors (Lipinski definition) is 2. The molecule has 1 fully saturated rings. The van der Waals surface area contributed by atoms with Crippen molar-refractivity contribution in [2.75, 3.05) is 13.2 Å². The summed E-state index contributed by atoms with van der Waals surface area (Å²) in [6, 6.07) is 0. The third-order valence-corrected chi connectivity index (χ3v) is 2.49. The summed E-state index contributed by atoms with van der Waals surface area (Å²) in [6.07, 6.45) is 0. The maximum absolute atomic E-state index is 6.07. The third-order valence-electron chi connectivity index (χ3n) is 2.49. The molecular weight excluding hydrogens is 186 g/mol. The van der Waals surface area contributed by atoms with Crippen LogP contribution in [0.15, 0.2) is 46.7 Å². The summed E-state index contributed by atoms with van der Waals surface area (Å²) in [6.45, 7) is 15.1. The molecule has 1 aliphatic heterocycles. The molecule has 0 aromatic heterocycles. The third kappa shape index (κ3) is 2.39. The van der Waals surface area contributed by atoms with Gasteiger partial charge in [-0.05, 0) is 37.5 Å². The maximum atomic E-state index is 6.07. The Morgan fingerprint density at radius 2 is 1.87 bits per heavy atom. The molecule has 0 aromatic rings. The first-order valence-electron chi connectivity index (χ1n) is 5.03. The highest BCUT2D eigenvalue weighted by molar-refractivity contribution is 5.54. The zero-order valence-electron chi connectivity index (χ0n) is 9.81. The van der Waals surface area contributed by atoms with Gasteiger partial charge in [0.1, 0.15) is 0 Å². The predicted molar refractivity (Wildman–Crippen MR) is 64.4 cm³/mol. The zero-order valence-corrected chi connectivity index (χ0v) is 9.81. The molecule has 15 heavy (non-hydrogen) atoms. The van der Waals surface area contributed by atoms with Gasteiger partial charge in [-0.2, -0.15) is 0 Å². The van der Waals surface area contributed by atoms with Crippen molar-refractivity contribution in [3.63, 3.8) is 0 Å². The van der Waals surface area contributed by atoms with Crippen molar-refractivity contribution < 1.29 is 4.74 Å². The highest BCUT2D eigenvalue weighted by Crippen LogP contribution is 2.28. The summed E-state index contributed by atoms with van der Waals surface area (Å²) in [4.78, 5) is 0. The van der Waals surface area contributed by atoms with Crippen molar-refractivity contribution in [3.8, 4) is 0 Å². The number of hydrogen-bond donors (Lipinski definition) is 1. The first kappa shape index (κ1) is 11.8. The maximum Gasteiger partial charge on any atom is 0.0731 e. The summed E-state index contributed by atoms with van der Waals surface area (Å²) in [7, 11) is 0. The fourth-order valence-corrected chi connectivity index (χ4v) is 1.61.